The average molecular weight is 362 g/mol. The largest absolute Gasteiger partial charge is 0.465 e. The van der Waals surface area contributed by atoms with Gasteiger partial charge in [-0.3, -0.25) is 4.79 Å². The van der Waals surface area contributed by atoms with Crippen molar-refractivity contribution in [3.63, 3.8) is 0 Å². The highest BCUT2D eigenvalue weighted by Crippen LogP contribution is 2.27. The predicted octanol–water partition coefficient (Wildman–Crippen LogP) is 3.74. The molecule has 3 rings (SSSR count). The molecule has 3 aromatic rings. The number of methoxy groups -OCH3 is 1. The molecular weight excluding hydrogens is 348 g/mol. The molecule has 0 atom stereocenters. The number of oxazole rings is 1. The van der Waals surface area contributed by atoms with Gasteiger partial charge in [0.1, 0.15) is 10.6 Å². The Bertz CT molecular complexity index is 865. The molecular formula is C16H14N2O4S2. The number of carbonyl (C=O) groups is 2. The van der Waals surface area contributed by atoms with Crippen LogP contribution in [0, 0.1) is 6.92 Å². The van der Waals surface area contributed by atoms with Gasteiger partial charge in [-0.25, -0.2) is 9.78 Å². The molecule has 0 spiro atoms. The highest BCUT2D eigenvalue weighted by Gasteiger charge is 2.16. The van der Waals surface area contributed by atoms with E-state index in [0.717, 1.165) is 16.2 Å². The number of hydrogen-bond acceptors (Lipinski definition) is 7. The number of nitrogens with zero attached hydrogens (tertiary/aromatic N) is 1. The Balaban J connectivity index is 1.67. The van der Waals surface area contributed by atoms with Crippen LogP contribution in [-0.4, -0.2) is 24.0 Å². The van der Waals surface area contributed by atoms with Crippen molar-refractivity contribution >= 4 is 39.6 Å². The quantitative estimate of drug-likeness (QED) is 0.699. The van der Waals surface area contributed by atoms with E-state index in [1.54, 1.807) is 19.1 Å². The van der Waals surface area contributed by atoms with Gasteiger partial charge in [-0.15, -0.1) is 22.7 Å². The van der Waals surface area contributed by atoms with E-state index in [0.29, 0.717) is 27.2 Å². The highest BCUT2D eigenvalue weighted by molar-refractivity contribution is 7.18. The minimum atomic E-state index is -0.423. The fourth-order valence-electron chi connectivity index (χ4n) is 2.05. The average Bonchev–Trinajstić information content (AvgIpc) is 3.28. The number of carbonyl (C=O) groups excluding carboxylic acids is 2. The first-order chi connectivity index (χ1) is 11.6. The van der Waals surface area contributed by atoms with Gasteiger partial charge in [-0.1, -0.05) is 6.07 Å². The number of anilines is 1. The number of amides is 1. The number of esters is 1. The lowest BCUT2D eigenvalue weighted by molar-refractivity contribution is -0.115. The van der Waals surface area contributed by atoms with E-state index in [9.17, 15) is 9.59 Å². The van der Waals surface area contributed by atoms with Crippen LogP contribution in [-0.2, 0) is 16.0 Å². The third-order valence-electron chi connectivity index (χ3n) is 3.21. The molecule has 1 N–H and O–H groups in total. The fraction of sp³-hybridized carbons (Fsp3) is 0.188. The van der Waals surface area contributed by atoms with Crippen LogP contribution in [0.2, 0.25) is 0 Å². The van der Waals surface area contributed by atoms with Crippen LogP contribution in [0.15, 0.2) is 34.1 Å². The summed E-state index contributed by atoms with van der Waals surface area (Å²) in [6.07, 6.45) is 0.103. The molecule has 0 aliphatic carbocycles. The minimum absolute atomic E-state index is 0.103. The van der Waals surface area contributed by atoms with Gasteiger partial charge in [0.05, 0.1) is 29.1 Å². The van der Waals surface area contributed by atoms with Crippen LogP contribution in [0.3, 0.4) is 0 Å². The third kappa shape index (κ3) is 3.55. The molecule has 8 heteroatoms. The summed E-state index contributed by atoms with van der Waals surface area (Å²) in [6, 6.07) is 7.12. The number of aromatic nitrogens is 1. The molecule has 1 amide bonds. The smallest absolute Gasteiger partial charge is 0.348 e. The lowest BCUT2D eigenvalue weighted by atomic mass is 10.2. The van der Waals surface area contributed by atoms with Crippen molar-refractivity contribution < 1.29 is 18.7 Å². The summed E-state index contributed by atoms with van der Waals surface area (Å²) in [6.45, 7) is 1.78. The first-order valence-electron chi connectivity index (χ1n) is 7.05. The Morgan fingerprint density at radius 3 is 2.88 bits per heavy atom. The maximum absolute atomic E-state index is 12.2. The van der Waals surface area contributed by atoms with Crippen molar-refractivity contribution in [1.82, 2.24) is 4.98 Å². The Morgan fingerprint density at radius 1 is 1.33 bits per heavy atom. The molecule has 0 saturated heterocycles. The molecule has 0 unspecified atom stereocenters. The van der Waals surface area contributed by atoms with E-state index in [4.69, 9.17) is 4.42 Å². The normalized spacial score (nSPS) is 10.6. The molecule has 24 heavy (non-hydrogen) atoms. The second-order valence-electron chi connectivity index (χ2n) is 4.88. The van der Waals surface area contributed by atoms with Gasteiger partial charge < -0.3 is 14.5 Å². The van der Waals surface area contributed by atoms with E-state index in [-0.39, 0.29) is 12.3 Å². The molecule has 3 aromatic heterocycles. The Kier molecular flexibility index (Phi) is 4.77. The van der Waals surface area contributed by atoms with Gasteiger partial charge in [-0.05, 0) is 30.5 Å². The van der Waals surface area contributed by atoms with Crippen molar-refractivity contribution in [2.75, 3.05) is 12.4 Å². The van der Waals surface area contributed by atoms with Gasteiger partial charge in [0.2, 0.25) is 11.8 Å². The predicted molar refractivity (Wildman–Crippen MR) is 92.5 cm³/mol. The van der Waals surface area contributed by atoms with Gasteiger partial charge in [0, 0.05) is 0 Å². The zero-order valence-corrected chi connectivity index (χ0v) is 14.6. The van der Waals surface area contributed by atoms with Gasteiger partial charge in [-0.2, -0.15) is 0 Å². The molecule has 0 aliphatic heterocycles. The maximum Gasteiger partial charge on any atom is 0.348 e. The van der Waals surface area contributed by atoms with Crippen LogP contribution in [0.1, 0.15) is 21.1 Å². The molecule has 0 fully saturated rings. The summed E-state index contributed by atoms with van der Waals surface area (Å²) in [7, 11) is 1.32. The second kappa shape index (κ2) is 6.98. The Morgan fingerprint density at radius 2 is 2.17 bits per heavy atom. The third-order valence-corrected chi connectivity index (χ3v) is 5.05. The van der Waals surface area contributed by atoms with Crippen LogP contribution in [0.5, 0.6) is 0 Å². The van der Waals surface area contributed by atoms with Crippen LogP contribution < -0.4 is 5.32 Å². The standard InChI is InChI=1S/C16H14N2O4S2/c1-9-10(17-15(22-9)11-4-3-7-23-11)8-13(19)18-14-6-5-12(24-14)16(20)21-2/h3-7H,8H2,1-2H3,(H,18,19). The minimum Gasteiger partial charge on any atom is -0.465 e. The monoisotopic (exact) mass is 362 g/mol. The van der Waals surface area contributed by atoms with Gasteiger partial charge in [0.15, 0.2) is 0 Å². The van der Waals surface area contributed by atoms with E-state index >= 15 is 0 Å². The number of ether oxygens (including phenoxy) is 1. The number of hydrogen-bond donors (Lipinski definition) is 1. The molecule has 3 heterocycles. The molecule has 6 nitrogen and oxygen atoms in total. The van der Waals surface area contributed by atoms with Crippen molar-refractivity contribution in [1.29, 1.82) is 0 Å². The molecule has 0 aliphatic rings. The highest BCUT2D eigenvalue weighted by atomic mass is 32.1. The van der Waals surface area contributed by atoms with Crippen LogP contribution >= 0.6 is 22.7 Å². The van der Waals surface area contributed by atoms with E-state index in [1.807, 2.05) is 17.5 Å². The SMILES string of the molecule is COC(=O)c1ccc(NC(=O)Cc2nc(-c3cccs3)oc2C)s1. The summed E-state index contributed by atoms with van der Waals surface area (Å²) in [5, 5.41) is 5.28. The van der Waals surface area contributed by atoms with Crippen molar-refractivity contribution in [3.8, 4) is 10.8 Å². The molecule has 124 valence electrons. The van der Waals surface area contributed by atoms with Gasteiger partial charge >= 0.3 is 5.97 Å². The van der Waals surface area contributed by atoms with E-state index in [2.05, 4.69) is 15.0 Å². The van der Waals surface area contributed by atoms with E-state index in [1.165, 1.54) is 18.4 Å². The first kappa shape index (κ1) is 16.4. The zero-order valence-electron chi connectivity index (χ0n) is 13.0. The number of rotatable bonds is 5. The Labute approximate surface area is 146 Å². The second-order valence-corrected chi connectivity index (χ2v) is 6.91. The van der Waals surface area contributed by atoms with E-state index < -0.39 is 5.97 Å². The van der Waals surface area contributed by atoms with Crippen molar-refractivity contribution in [2.45, 2.75) is 13.3 Å². The maximum atomic E-state index is 12.2. The number of aryl methyl sites for hydroxylation is 1. The molecule has 0 bridgehead atoms. The summed E-state index contributed by atoms with van der Waals surface area (Å²) < 4.78 is 10.3. The van der Waals surface area contributed by atoms with Crippen molar-refractivity contribution in [3.05, 3.63) is 46.0 Å². The number of thiophene rings is 2. The Hall–Kier alpha value is -2.45. The summed E-state index contributed by atoms with van der Waals surface area (Å²) in [5.74, 6) is 0.500. The van der Waals surface area contributed by atoms with Gasteiger partial charge in [0.25, 0.3) is 0 Å². The molecule has 0 radical (unpaired) electrons. The lowest BCUT2D eigenvalue weighted by Crippen LogP contribution is -2.14. The summed E-state index contributed by atoms with van der Waals surface area (Å²) in [5.41, 5.74) is 0.598. The van der Waals surface area contributed by atoms with Crippen LogP contribution in [0.25, 0.3) is 10.8 Å². The molecule has 0 aromatic carbocycles. The summed E-state index contributed by atoms with van der Waals surface area (Å²) >= 11 is 2.69. The fourth-order valence-corrected chi connectivity index (χ4v) is 3.54. The van der Waals surface area contributed by atoms with Crippen LogP contribution in [0.4, 0.5) is 5.00 Å². The molecule has 0 saturated carbocycles. The lowest BCUT2D eigenvalue weighted by Gasteiger charge is -2.00. The summed E-state index contributed by atoms with van der Waals surface area (Å²) in [4.78, 5) is 29.3. The first-order valence-corrected chi connectivity index (χ1v) is 8.74. The zero-order chi connectivity index (χ0) is 17.1. The number of nitrogens with one attached hydrogen (secondary N) is 1. The van der Waals surface area contributed by atoms with Crippen molar-refractivity contribution in [2.24, 2.45) is 0 Å². The topological polar surface area (TPSA) is 81.4 Å².